The summed E-state index contributed by atoms with van der Waals surface area (Å²) in [5.74, 6) is -0.165. The fourth-order valence-electron chi connectivity index (χ4n) is 2.11. The summed E-state index contributed by atoms with van der Waals surface area (Å²) in [6.45, 7) is 5.58. The van der Waals surface area contributed by atoms with E-state index in [1.165, 1.54) is 5.56 Å². The molecule has 0 unspecified atom stereocenters. The van der Waals surface area contributed by atoms with Crippen LogP contribution in [0.15, 0.2) is 24.3 Å². The Balaban J connectivity index is 2.53. The van der Waals surface area contributed by atoms with Gasteiger partial charge in [0, 0.05) is 12.6 Å². The molecular formula is C15H16FNS. The highest BCUT2D eigenvalue weighted by Gasteiger charge is 2.18. The first-order valence-electron chi connectivity index (χ1n) is 5.86. The van der Waals surface area contributed by atoms with Crippen LogP contribution in [0.3, 0.4) is 0 Å². The van der Waals surface area contributed by atoms with Gasteiger partial charge in [-0.25, -0.2) is 4.39 Å². The van der Waals surface area contributed by atoms with Gasteiger partial charge in [0.05, 0.1) is 16.3 Å². The number of benzene rings is 1. The molecule has 0 saturated heterocycles. The van der Waals surface area contributed by atoms with Crippen LogP contribution in [0.4, 0.5) is 4.39 Å². The Morgan fingerprint density at radius 3 is 2.11 bits per heavy atom. The molecule has 0 atom stereocenters. The van der Waals surface area contributed by atoms with Crippen molar-refractivity contribution in [2.45, 2.75) is 20.8 Å². The number of hydrogen-bond donors (Lipinski definition) is 0. The molecule has 1 heterocycles. The minimum atomic E-state index is -0.165. The van der Waals surface area contributed by atoms with Crippen molar-refractivity contribution in [1.82, 2.24) is 4.57 Å². The molecule has 1 aromatic carbocycles. The van der Waals surface area contributed by atoms with Gasteiger partial charge in [-0.05, 0) is 26.3 Å². The average molecular weight is 261 g/mol. The summed E-state index contributed by atoms with van der Waals surface area (Å²) in [7, 11) is 1.85. The monoisotopic (exact) mass is 261 g/mol. The summed E-state index contributed by atoms with van der Waals surface area (Å²) < 4.78 is 15.7. The van der Waals surface area contributed by atoms with Crippen molar-refractivity contribution >= 4 is 17.1 Å². The molecule has 0 saturated carbocycles. The van der Waals surface area contributed by atoms with Crippen LogP contribution in [0.5, 0.6) is 0 Å². The van der Waals surface area contributed by atoms with Crippen molar-refractivity contribution in [1.29, 1.82) is 0 Å². The second-order valence-electron chi connectivity index (χ2n) is 4.63. The standard InChI is InChI=1S/C15H16FNS/c1-9-5-7-12(8-6-9)15(18)14-10(2)13(16)11(3)17(14)4/h5-8H,1-4H3. The van der Waals surface area contributed by atoms with Crippen LogP contribution in [-0.2, 0) is 7.05 Å². The Bertz CT molecular complexity index is 583. The second kappa shape index (κ2) is 4.65. The van der Waals surface area contributed by atoms with E-state index in [0.717, 1.165) is 11.3 Å². The predicted octanol–water partition coefficient (Wildman–Crippen LogP) is 3.86. The van der Waals surface area contributed by atoms with E-state index in [4.69, 9.17) is 12.2 Å². The van der Waals surface area contributed by atoms with Gasteiger partial charge < -0.3 is 4.57 Å². The van der Waals surface area contributed by atoms with E-state index in [-0.39, 0.29) is 5.82 Å². The van der Waals surface area contributed by atoms with E-state index in [0.29, 0.717) is 16.1 Å². The zero-order valence-electron chi connectivity index (χ0n) is 11.0. The summed E-state index contributed by atoms with van der Waals surface area (Å²) >= 11 is 5.49. The molecule has 1 nitrogen and oxygen atoms in total. The normalized spacial score (nSPS) is 10.7. The lowest BCUT2D eigenvalue weighted by atomic mass is 10.1. The van der Waals surface area contributed by atoms with Crippen LogP contribution in [0.1, 0.15) is 28.1 Å². The number of rotatable bonds is 2. The van der Waals surface area contributed by atoms with Crippen molar-refractivity contribution in [3.8, 4) is 0 Å². The van der Waals surface area contributed by atoms with Crippen molar-refractivity contribution in [2.24, 2.45) is 7.05 Å². The summed E-state index contributed by atoms with van der Waals surface area (Å²) in [5.41, 5.74) is 4.19. The summed E-state index contributed by atoms with van der Waals surface area (Å²) in [6.07, 6.45) is 0. The Kier molecular flexibility index (Phi) is 3.35. The van der Waals surface area contributed by atoms with Gasteiger partial charge in [0.25, 0.3) is 0 Å². The van der Waals surface area contributed by atoms with Gasteiger partial charge in [-0.3, -0.25) is 0 Å². The van der Waals surface area contributed by atoms with E-state index < -0.39 is 0 Å². The van der Waals surface area contributed by atoms with Gasteiger partial charge in [0.2, 0.25) is 0 Å². The molecule has 0 aliphatic rings. The Hall–Kier alpha value is -1.48. The van der Waals surface area contributed by atoms with Crippen LogP contribution in [-0.4, -0.2) is 9.43 Å². The van der Waals surface area contributed by atoms with E-state index in [1.54, 1.807) is 13.8 Å². The molecule has 0 fully saturated rings. The maximum absolute atomic E-state index is 13.9. The molecule has 0 bridgehead atoms. The average Bonchev–Trinajstić information content (AvgIpc) is 2.54. The lowest BCUT2D eigenvalue weighted by Crippen LogP contribution is -2.08. The number of aromatic nitrogens is 1. The van der Waals surface area contributed by atoms with Gasteiger partial charge >= 0.3 is 0 Å². The maximum atomic E-state index is 13.9. The third kappa shape index (κ3) is 1.99. The van der Waals surface area contributed by atoms with Gasteiger partial charge in [0.1, 0.15) is 5.82 Å². The molecule has 0 radical (unpaired) electrons. The number of halogens is 1. The molecule has 0 aliphatic carbocycles. The third-order valence-electron chi connectivity index (χ3n) is 3.37. The van der Waals surface area contributed by atoms with E-state index in [9.17, 15) is 4.39 Å². The van der Waals surface area contributed by atoms with Crippen molar-refractivity contribution in [2.75, 3.05) is 0 Å². The fourth-order valence-corrected chi connectivity index (χ4v) is 2.53. The number of hydrogen-bond acceptors (Lipinski definition) is 1. The predicted molar refractivity (Wildman–Crippen MR) is 76.8 cm³/mol. The molecular weight excluding hydrogens is 245 g/mol. The molecule has 2 rings (SSSR count). The molecule has 0 aliphatic heterocycles. The second-order valence-corrected chi connectivity index (χ2v) is 5.04. The molecule has 2 aromatic rings. The number of nitrogens with zero attached hydrogens (tertiary/aromatic N) is 1. The van der Waals surface area contributed by atoms with Crippen LogP contribution in [0.25, 0.3) is 0 Å². The van der Waals surface area contributed by atoms with Crippen molar-refractivity contribution < 1.29 is 4.39 Å². The quantitative estimate of drug-likeness (QED) is 0.587. The van der Waals surface area contributed by atoms with Gasteiger partial charge in [-0.15, -0.1) is 0 Å². The van der Waals surface area contributed by atoms with Crippen LogP contribution < -0.4 is 0 Å². The molecule has 0 spiro atoms. The molecule has 18 heavy (non-hydrogen) atoms. The molecule has 1 aromatic heterocycles. The van der Waals surface area contributed by atoms with Crippen LogP contribution in [0, 0.1) is 26.6 Å². The maximum Gasteiger partial charge on any atom is 0.147 e. The smallest absolute Gasteiger partial charge is 0.147 e. The molecule has 3 heteroatoms. The van der Waals surface area contributed by atoms with Crippen LogP contribution >= 0.6 is 12.2 Å². The molecule has 0 N–H and O–H groups in total. The van der Waals surface area contributed by atoms with Gasteiger partial charge in [-0.2, -0.15) is 0 Å². The summed E-state index contributed by atoms with van der Waals surface area (Å²) in [6, 6.07) is 8.00. The lowest BCUT2D eigenvalue weighted by Gasteiger charge is -2.08. The highest BCUT2D eigenvalue weighted by atomic mass is 32.1. The third-order valence-corrected chi connectivity index (χ3v) is 3.80. The minimum absolute atomic E-state index is 0.165. The van der Waals surface area contributed by atoms with Gasteiger partial charge in [0.15, 0.2) is 0 Å². The topological polar surface area (TPSA) is 4.93 Å². The Morgan fingerprint density at radius 1 is 1.11 bits per heavy atom. The van der Waals surface area contributed by atoms with E-state index in [2.05, 4.69) is 0 Å². The highest BCUT2D eigenvalue weighted by molar-refractivity contribution is 7.81. The fraction of sp³-hybridized carbons (Fsp3) is 0.267. The number of thiocarbonyl (C=S) groups is 1. The summed E-state index contributed by atoms with van der Waals surface area (Å²) in [5, 5.41) is 0. The molecule has 0 amide bonds. The van der Waals surface area contributed by atoms with E-state index >= 15 is 0 Å². The Morgan fingerprint density at radius 2 is 1.67 bits per heavy atom. The van der Waals surface area contributed by atoms with Crippen LogP contribution in [0.2, 0.25) is 0 Å². The minimum Gasteiger partial charge on any atom is -0.344 e. The zero-order chi connectivity index (χ0) is 13.4. The van der Waals surface area contributed by atoms with E-state index in [1.807, 2.05) is 42.8 Å². The van der Waals surface area contributed by atoms with Gasteiger partial charge in [-0.1, -0.05) is 42.0 Å². The Labute approximate surface area is 112 Å². The van der Waals surface area contributed by atoms with Crippen molar-refractivity contribution in [3.63, 3.8) is 0 Å². The van der Waals surface area contributed by atoms with Crippen molar-refractivity contribution in [3.05, 3.63) is 58.2 Å². The highest BCUT2D eigenvalue weighted by Crippen LogP contribution is 2.22. The lowest BCUT2D eigenvalue weighted by molar-refractivity contribution is 0.605. The first-order chi connectivity index (χ1) is 8.43. The summed E-state index contributed by atoms with van der Waals surface area (Å²) in [4.78, 5) is 0.696. The first-order valence-corrected chi connectivity index (χ1v) is 6.27. The zero-order valence-corrected chi connectivity index (χ0v) is 11.9. The first kappa shape index (κ1) is 13.0. The SMILES string of the molecule is Cc1ccc(C(=S)c2c(C)c(F)c(C)n2C)cc1. The number of aryl methyl sites for hydroxylation is 1. The molecule has 94 valence electrons. The largest absolute Gasteiger partial charge is 0.344 e.